The summed E-state index contributed by atoms with van der Waals surface area (Å²) in [5.41, 5.74) is 7.54. The summed E-state index contributed by atoms with van der Waals surface area (Å²) in [4.78, 5) is 0.131. The predicted octanol–water partition coefficient (Wildman–Crippen LogP) is 3.45. The Bertz CT molecular complexity index is 760. The van der Waals surface area contributed by atoms with Crippen molar-refractivity contribution in [1.29, 1.82) is 0 Å². The summed E-state index contributed by atoms with van der Waals surface area (Å²) in [5, 5.41) is 0.233. The highest BCUT2D eigenvalue weighted by atomic mass is 35.5. The highest BCUT2D eigenvalue weighted by Crippen LogP contribution is 2.29. The molecular formula is C15H17ClN2O2S. The lowest BCUT2D eigenvalue weighted by atomic mass is 10.2. The first-order chi connectivity index (χ1) is 9.87. The maximum Gasteiger partial charge on any atom is 0.264 e. The topological polar surface area (TPSA) is 63.4 Å². The molecule has 0 amide bonds. The number of para-hydroxylation sites is 1. The summed E-state index contributed by atoms with van der Waals surface area (Å²) in [7, 11) is -3.67. The van der Waals surface area contributed by atoms with Crippen LogP contribution in [0, 0.1) is 6.92 Å². The van der Waals surface area contributed by atoms with Crippen LogP contribution in [-0.2, 0) is 10.0 Å². The van der Waals surface area contributed by atoms with Crippen LogP contribution in [0.5, 0.6) is 0 Å². The molecule has 112 valence electrons. The average Bonchev–Trinajstić information content (AvgIpc) is 2.44. The second kappa shape index (κ2) is 5.95. The number of halogens is 1. The lowest BCUT2D eigenvalue weighted by Gasteiger charge is -2.24. The van der Waals surface area contributed by atoms with Crippen LogP contribution in [-0.4, -0.2) is 15.0 Å². The summed E-state index contributed by atoms with van der Waals surface area (Å²) in [6.45, 7) is 4.00. The lowest BCUT2D eigenvalue weighted by molar-refractivity contribution is 0.592. The molecule has 2 N–H and O–H groups in total. The Morgan fingerprint density at radius 1 is 1.19 bits per heavy atom. The first kappa shape index (κ1) is 15.7. The zero-order chi connectivity index (χ0) is 15.6. The van der Waals surface area contributed by atoms with Gasteiger partial charge in [0.05, 0.1) is 21.3 Å². The highest BCUT2D eigenvalue weighted by molar-refractivity contribution is 7.92. The molecule has 0 aliphatic heterocycles. The van der Waals surface area contributed by atoms with E-state index in [0.717, 1.165) is 5.56 Å². The van der Waals surface area contributed by atoms with Gasteiger partial charge in [0.1, 0.15) is 0 Å². The smallest absolute Gasteiger partial charge is 0.264 e. The van der Waals surface area contributed by atoms with Gasteiger partial charge < -0.3 is 5.73 Å². The van der Waals surface area contributed by atoms with Crippen molar-refractivity contribution in [3.05, 3.63) is 53.1 Å². The second-order valence-corrected chi connectivity index (χ2v) is 6.91. The van der Waals surface area contributed by atoms with E-state index in [2.05, 4.69) is 0 Å². The quantitative estimate of drug-likeness (QED) is 0.876. The Labute approximate surface area is 130 Å². The number of nitrogen functional groups attached to an aromatic ring is 1. The molecule has 2 rings (SSSR count). The van der Waals surface area contributed by atoms with E-state index in [1.54, 1.807) is 13.0 Å². The second-order valence-electron chi connectivity index (χ2n) is 4.64. The monoisotopic (exact) mass is 324 g/mol. The van der Waals surface area contributed by atoms with Crippen LogP contribution in [0.25, 0.3) is 0 Å². The molecule has 0 aliphatic carbocycles. The number of anilines is 2. The lowest BCUT2D eigenvalue weighted by Crippen LogP contribution is -2.31. The zero-order valence-electron chi connectivity index (χ0n) is 11.9. The van der Waals surface area contributed by atoms with Crippen molar-refractivity contribution < 1.29 is 8.42 Å². The third-order valence-electron chi connectivity index (χ3n) is 3.23. The number of hydrogen-bond acceptors (Lipinski definition) is 3. The van der Waals surface area contributed by atoms with Crippen molar-refractivity contribution in [2.45, 2.75) is 18.7 Å². The molecule has 2 aromatic rings. The van der Waals surface area contributed by atoms with Gasteiger partial charge in [-0.1, -0.05) is 29.8 Å². The maximum atomic E-state index is 12.8. The standard InChI is InChI=1S/C15H17ClN2O2S/c1-3-18(15-7-5-4-6-11(15)2)21(19,20)12-8-9-14(17)13(16)10-12/h4-10H,3,17H2,1-2H3. The van der Waals surface area contributed by atoms with Crippen LogP contribution in [0.3, 0.4) is 0 Å². The van der Waals surface area contributed by atoms with Crippen molar-refractivity contribution in [2.24, 2.45) is 0 Å². The van der Waals surface area contributed by atoms with Gasteiger partial charge >= 0.3 is 0 Å². The van der Waals surface area contributed by atoms with Crippen LogP contribution in [0.1, 0.15) is 12.5 Å². The third-order valence-corrected chi connectivity index (χ3v) is 5.44. The van der Waals surface area contributed by atoms with Crippen LogP contribution < -0.4 is 10.0 Å². The van der Waals surface area contributed by atoms with Gasteiger partial charge in [-0.2, -0.15) is 0 Å². The van der Waals surface area contributed by atoms with E-state index < -0.39 is 10.0 Å². The Morgan fingerprint density at radius 2 is 1.86 bits per heavy atom. The number of aryl methyl sites for hydroxylation is 1. The van der Waals surface area contributed by atoms with E-state index in [9.17, 15) is 8.42 Å². The Morgan fingerprint density at radius 3 is 2.43 bits per heavy atom. The summed E-state index contributed by atoms with van der Waals surface area (Å²) in [6.07, 6.45) is 0. The Balaban J connectivity index is 2.55. The van der Waals surface area contributed by atoms with E-state index in [1.165, 1.54) is 22.5 Å². The molecule has 0 radical (unpaired) electrons. The molecule has 0 fully saturated rings. The predicted molar refractivity (Wildman–Crippen MR) is 87.2 cm³/mol. The molecule has 0 aliphatic rings. The number of hydrogen-bond donors (Lipinski definition) is 1. The van der Waals surface area contributed by atoms with E-state index >= 15 is 0 Å². The number of nitrogens with zero attached hydrogens (tertiary/aromatic N) is 1. The van der Waals surface area contributed by atoms with Crippen molar-refractivity contribution in [3.8, 4) is 0 Å². The number of nitrogens with two attached hydrogens (primary N) is 1. The highest BCUT2D eigenvalue weighted by Gasteiger charge is 2.25. The van der Waals surface area contributed by atoms with Gasteiger partial charge in [-0.3, -0.25) is 4.31 Å². The number of benzene rings is 2. The van der Waals surface area contributed by atoms with Crippen LogP contribution in [0.15, 0.2) is 47.4 Å². The molecule has 6 heteroatoms. The minimum Gasteiger partial charge on any atom is -0.398 e. The summed E-state index contributed by atoms with van der Waals surface area (Å²) in [6, 6.07) is 11.7. The molecule has 0 unspecified atom stereocenters. The van der Waals surface area contributed by atoms with E-state index in [1.807, 2.05) is 25.1 Å². The van der Waals surface area contributed by atoms with Crippen molar-refractivity contribution >= 4 is 33.0 Å². The van der Waals surface area contributed by atoms with Gasteiger partial charge in [0.2, 0.25) is 0 Å². The van der Waals surface area contributed by atoms with Crippen molar-refractivity contribution in [2.75, 3.05) is 16.6 Å². The number of rotatable bonds is 4. The van der Waals surface area contributed by atoms with E-state index in [4.69, 9.17) is 17.3 Å². The van der Waals surface area contributed by atoms with Gasteiger partial charge in [-0.15, -0.1) is 0 Å². The fraction of sp³-hybridized carbons (Fsp3) is 0.200. The fourth-order valence-electron chi connectivity index (χ4n) is 2.11. The summed E-state index contributed by atoms with van der Waals surface area (Å²) >= 11 is 5.94. The van der Waals surface area contributed by atoms with E-state index in [0.29, 0.717) is 17.9 Å². The molecule has 0 saturated carbocycles. The van der Waals surface area contributed by atoms with Crippen LogP contribution >= 0.6 is 11.6 Å². The summed E-state index contributed by atoms with van der Waals surface area (Å²) < 4.78 is 27.0. The van der Waals surface area contributed by atoms with E-state index in [-0.39, 0.29) is 9.92 Å². The maximum absolute atomic E-state index is 12.8. The van der Waals surface area contributed by atoms with Gasteiger partial charge in [0.15, 0.2) is 0 Å². The zero-order valence-corrected chi connectivity index (χ0v) is 13.4. The third kappa shape index (κ3) is 2.99. The van der Waals surface area contributed by atoms with Gasteiger partial charge in [-0.25, -0.2) is 8.42 Å². The summed E-state index contributed by atoms with van der Waals surface area (Å²) in [5.74, 6) is 0. The molecule has 0 aromatic heterocycles. The molecule has 0 heterocycles. The van der Waals surface area contributed by atoms with Crippen LogP contribution in [0.4, 0.5) is 11.4 Å². The van der Waals surface area contributed by atoms with Crippen molar-refractivity contribution in [1.82, 2.24) is 0 Å². The Kier molecular flexibility index (Phi) is 4.44. The minimum absolute atomic E-state index is 0.131. The largest absolute Gasteiger partial charge is 0.398 e. The molecule has 0 bridgehead atoms. The molecule has 0 atom stereocenters. The van der Waals surface area contributed by atoms with Crippen molar-refractivity contribution in [3.63, 3.8) is 0 Å². The first-order valence-corrected chi connectivity index (χ1v) is 8.33. The minimum atomic E-state index is -3.67. The van der Waals surface area contributed by atoms with Gasteiger partial charge in [0.25, 0.3) is 10.0 Å². The molecular weight excluding hydrogens is 308 g/mol. The SMILES string of the molecule is CCN(c1ccccc1C)S(=O)(=O)c1ccc(N)c(Cl)c1. The normalized spacial score (nSPS) is 11.4. The number of sulfonamides is 1. The van der Waals surface area contributed by atoms with Gasteiger partial charge in [-0.05, 0) is 43.7 Å². The molecule has 0 spiro atoms. The first-order valence-electron chi connectivity index (χ1n) is 6.51. The molecule has 2 aromatic carbocycles. The molecule has 4 nitrogen and oxygen atoms in total. The molecule has 0 saturated heterocycles. The molecule has 21 heavy (non-hydrogen) atoms. The van der Waals surface area contributed by atoms with Crippen LogP contribution in [0.2, 0.25) is 5.02 Å². The van der Waals surface area contributed by atoms with Gasteiger partial charge in [0, 0.05) is 6.54 Å². The fourth-order valence-corrected chi connectivity index (χ4v) is 3.92. The Hall–Kier alpha value is -1.72. The average molecular weight is 325 g/mol.